The highest BCUT2D eigenvalue weighted by Crippen LogP contribution is 2.18. The second kappa shape index (κ2) is 8.90. The molecule has 0 aromatic rings. The van der Waals surface area contributed by atoms with Crippen LogP contribution in [0, 0.1) is 5.92 Å². The number of rotatable bonds is 9. The van der Waals surface area contributed by atoms with Crippen molar-refractivity contribution < 1.29 is 19.2 Å². The monoisotopic (exact) mass is 343 g/mol. The molecule has 0 spiro atoms. The van der Waals surface area contributed by atoms with Crippen LogP contribution < -0.4 is 11.1 Å². The molecule has 3 N–H and O–H groups in total. The summed E-state index contributed by atoms with van der Waals surface area (Å²) in [5.41, 5.74) is 5.24. The van der Waals surface area contributed by atoms with E-state index < -0.39 is 17.2 Å². The first-order chi connectivity index (χ1) is 10.7. The van der Waals surface area contributed by atoms with Crippen LogP contribution in [0.5, 0.6) is 0 Å². The summed E-state index contributed by atoms with van der Waals surface area (Å²) in [6, 6.07) is -0.658. The predicted octanol–water partition coefficient (Wildman–Crippen LogP) is 0.230. The van der Waals surface area contributed by atoms with Crippen molar-refractivity contribution in [1.29, 1.82) is 0 Å². The van der Waals surface area contributed by atoms with E-state index in [0.29, 0.717) is 25.8 Å². The van der Waals surface area contributed by atoms with Gasteiger partial charge in [0.05, 0.1) is 5.25 Å². The van der Waals surface area contributed by atoms with E-state index in [1.54, 1.807) is 0 Å². The number of nitrogens with two attached hydrogens (primary N) is 1. The van der Waals surface area contributed by atoms with Gasteiger partial charge in [-0.1, -0.05) is 20.3 Å². The van der Waals surface area contributed by atoms with Crippen molar-refractivity contribution in [2.45, 2.75) is 57.2 Å². The lowest BCUT2D eigenvalue weighted by Gasteiger charge is -2.19. The van der Waals surface area contributed by atoms with Crippen LogP contribution in [0.3, 0.4) is 0 Å². The summed E-state index contributed by atoms with van der Waals surface area (Å²) in [6.45, 7) is 4.00. The zero-order valence-electron chi connectivity index (χ0n) is 13.6. The fourth-order valence-corrected chi connectivity index (χ4v) is 2.74. The highest BCUT2D eigenvalue weighted by Gasteiger charge is 2.35. The van der Waals surface area contributed by atoms with Gasteiger partial charge < -0.3 is 11.1 Å². The number of carbonyl (C=O) groups is 4. The lowest BCUT2D eigenvalue weighted by Crippen LogP contribution is -2.47. The van der Waals surface area contributed by atoms with E-state index in [-0.39, 0.29) is 36.5 Å². The van der Waals surface area contributed by atoms with E-state index >= 15 is 0 Å². The Morgan fingerprint density at radius 1 is 1.30 bits per heavy atom. The molecular weight excluding hydrogens is 318 g/mol. The smallest absolute Gasteiger partial charge is 0.242 e. The molecule has 0 aromatic carbocycles. The van der Waals surface area contributed by atoms with Gasteiger partial charge in [-0.2, -0.15) is 12.6 Å². The lowest BCUT2D eigenvalue weighted by atomic mass is 10.0. The Morgan fingerprint density at radius 2 is 1.96 bits per heavy atom. The first kappa shape index (κ1) is 19.5. The molecule has 0 aliphatic carbocycles. The number of hydrogen-bond donors (Lipinski definition) is 3. The van der Waals surface area contributed by atoms with Gasteiger partial charge in [0, 0.05) is 19.4 Å². The first-order valence-electron chi connectivity index (χ1n) is 7.85. The molecule has 4 amide bonds. The number of nitrogens with zero attached hydrogens (tertiary/aromatic N) is 1. The van der Waals surface area contributed by atoms with E-state index in [0.717, 1.165) is 0 Å². The molecule has 0 bridgehead atoms. The minimum absolute atomic E-state index is 0.0576. The molecule has 8 heteroatoms. The highest BCUT2D eigenvalue weighted by molar-refractivity contribution is 7.81. The third kappa shape index (κ3) is 5.85. The van der Waals surface area contributed by atoms with Crippen LogP contribution in [0.25, 0.3) is 0 Å². The minimum atomic E-state index is -0.658. The van der Waals surface area contributed by atoms with Crippen molar-refractivity contribution in [2.75, 3.05) is 6.54 Å². The van der Waals surface area contributed by atoms with Gasteiger partial charge in [-0.25, -0.2) is 0 Å². The summed E-state index contributed by atoms with van der Waals surface area (Å²) in [5, 5.41) is 2.11. The van der Waals surface area contributed by atoms with Crippen LogP contribution in [0.15, 0.2) is 0 Å². The molecule has 0 saturated carbocycles. The number of amides is 4. The third-order valence-corrected chi connectivity index (χ3v) is 4.20. The molecular formula is C15H25N3O4S. The van der Waals surface area contributed by atoms with Crippen molar-refractivity contribution in [3.05, 3.63) is 0 Å². The maximum atomic E-state index is 11.8. The van der Waals surface area contributed by atoms with Gasteiger partial charge in [0.1, 0.15) is 6.04 Å². The molecule has 1 fully saturated rings. The Morgan fingerprint density at radius 3 is 2.43 bits per heavy atom. The highest BCUT2D eigenvalue weighted by atomic mass is 32.1. The van der Waals surface area contributed by atoms with Crippen molar-refractivity contribution >= 4 is 36.3 Å². The summed E-state index contributed by atoms with van der Waals surface area (Å²) in [6.07, 6.45) is 2.43. The Balaban J connectivity index is 2.22. The third-order valence-electron chi connectivity index (χ3n) is 3.80. The van der Waals surface area contributed by atoms with Crippen molar-refractivity contribution in [2.24, 2.45) is 11.7 Å². The molecule has 23 heavy (non-hydrogen) atoms. The Kier molecular flexibility index (Phi) is 7.54. The largest absolute Gasteiger partial charge is 0.368 e. The van der Waals surface area contributed by atoms with Crippen LogP contribution >= 0.6 is 12.6 Å². The molecule has 2 unspecified atom stereocenters. The van der Waals surface area contributed by atoms with Gasteiger partial charge in [0.15, 0.2) is 0 Å². The fourth-order valence-electron chi connectivity index (χ4n) is 2.44. The Hall–Kier alpha value is -1.57. The Bertz CT molecular complexity index is 481. The second-order valence-corrected chi connectivity index (χ2v) is 6.73. The molecule has 1 saturated heterocycles. The first-order valence-corrected chi connectivity index (χ1v) is 8.36. The molecule has 2 atom stereocenters. The Labute approximate surface area is 141 Å². The van der Waals surface area contributed by atoms with Crippen molar-refractivity contribution in [3.8, 4) is 0 Å². The molecule has 7 nitrogen and oxygen atoms in total. The van der Waals surface area contributed by atoms with E-state index in [1.165, 1.54) is 4.90 Å². The number of nitrogens with one attached hydrogen (secondary N) is 1. The SMILES string of the molecule is CC(C)C(NC(=O)CCCCCN1C(=O)CC(S)C1=O)C(N)=O. The molecule has 1 rings (SSSR count). The zero-order valence-corrected chi connectivity index (χ0v) is 14.5. The molecule has 1 heterocycles. The lowest BCUT2D eigenvalue weighted by molar-refractivity contribution is -0.138. The maximum Gasteiger partial charge on any atom is 0.242 e. The van der Waals surface area contributed by atoms with Crippen LogP contribution in [-0.2, 0) is 19.2 Å². The topological polar surface area (TPSA) is 110 Å². The molecule has 1 aliphatic rings. The summed E-state index contributed by atoms with van der Waals surface area (Å²) in [4.78, 5) is 47.5. The van der Waals surface area contributed by atoms with Gasteiger partial charge in [-0.05, 0) is 18.8 Å². The van der Waals surface area contributed by atoms with Crippen molar-refractivity contribution in [3.63, 3.8) is 0 Å². The number of likely N-dealkylation sites (tertiary alicyclic amines) is 1. The van der Waals surface area contributed by atoms with Gasteiger partial charge in [-0.15, -0.1) is 0 Å². The van der Waals surface area contributed by atoms with Gasteiger partial charge in [0.25, 0.3) is 0 Å². The van der Waals surface area contributed by atoms with E-state index in [4.69, 9.17) is 5.73 Å². The number of primary amides is 1. The maximum absolute atomic E-state index is 11.8. The number of hydrogen-bond acceptors (Lipinski definition) is 5. The average Bonchev–Trinajstić information content (AvgIpc) is 2.69. The van der Waals surface area contributed by atoms with Gasteiger partial charge in [0.2, 0.25) is 23.6 Å². The number of carbonyl (C=O) groups excluding carboxylic acids is 4. The van der Waals surface area contributed by atoms with Crippen LogP contribution in [0.4, 0.5) is 0 Å². The summed E-state index contributed by atoms with van der Waals surface area (Å²) < 4.78 is 0. The summed E-state index contributed by atoms with van der Waals surface area (Å²) in [7, 11) is 0. The summed E-state index contributed by atoms with van der Waals surface area (Å²) in [5.74, 6) is -1.24. The number of unbranched alkanes of at least 4 members (excludes halogenated alkanes) is 2. The fraction of sp³-hybridized carbons (Fsp3) is 0.733. The van der Waals surface area contributed by atoms with Crippen LogP contribution in [0.2, 0.25) is 0 Å². The second-order valence-electron chi connectivity index (χ2n) is 6.11. The normalized spacial score (nSPS) is 19.3. The molecule has 0 radical (unpaired) electrons. The van der Waals surface area contributed by atoms with Crippen molar-refractivity contribution in [1.82, 2.24) is 10.2 Å². The minimum Gasteiger partial charge on any atom is -0.368 e. The summed E-state index contributed by atoms with van der Waals surface area (Å²) >= 11 is 4.06. The van der Waals surface area contributed by atoms with Gasteiger partial charge >= 0.3 is 0 Å². The average molecular weight is 343 g/mol. The van der Waals surface area contributed by atoms with Crippen LogP contribution in [-0.4, -0.2) is 46.4 Å². The zero-order chi connectivity index (χ0) is 17.6. The molecule has 1 aliphatic heterocycles. The van der Waals surface area contributed by atoms with E-state index in [1.807, 2.05) is 13.8 Å². The van der Waals surface area contributed by atoms with E-state index in [2.05, 4.69) is 17.9 Å². The van der Waals surface area contributed by atoms with Gasteiger partial charge in [-0.3, -0.25) is 24.1 Å². The molecule has 130 valence electrons. The quantitative estimate of drug-likeness (QED) is 0.316. The van der Waals surface area contributed by atoms with E-state index in [9.17, 15) is 19.2 Å². The van der Waals surface area contributed by atoms with Crippen LogP contribution in [0.1, 0.15) is 46.0 Å². The predicted molar refractivity (Wildman–Crippen MR) is 88.5 cm³/mol. The number of thiol groups is 1. The number of imide groups is 1. The standard InChI is InChI=1S/C15H25N3O4S/c1-9(2)13(14(16)21)17-11(19)6-4-3-5-7-18-12(20)8-10(23)15(18)22/h9-10,13,23H,3-8H2,1-2H3,(H2,16,21)(H,17,19). The molecule has 0 aromatic heterocycles.